The Morgan fingerprint density at radius 2 is 2.04 bits per heavy atom. The minimum Gasteiger partial charge on any atom is -0.493 e. The molecule has 0 aliphatic heterocycles. The molecule has 2 aromatic rings. The maximum Gasteiger partial charge on any atom is 0.269 e. The molecule has 0 aliphatic carbocycles. The van der Waals surface area contributed by atoms with Gasteiger partial charge in [0.15, 0.2) is 11.5 Å². The lowest BCUT2D eigenvalue weighted by Gasteiger charge is -2.14. The van der Waals surface area contributed by atoms with E-state index in [2.05, 4.69) is 11.9 Å². The zero-order valence-electron chi connectivity index (χ0n) is 13.1. The van der Waals surface area contributed by atoms with Gasteiger partial charge in [-0.15, -0.1) is 0 Å². The van der Waals surface area contributed by atoms with Gasteiger partial charge in [0, 0.05) is 24.4 Å². The van der Waals surface area contributed by atoms with E-state index in [-0.39, 0.29) is 5.69 Å². The average Bonchev–Trinajstić information content (AvgIpc) is 2.58. The third kappa shape index (κ3) is 4.39. The molecule has 7 heteroatoms. The second kappa shape index (κ2) is 8.21. The van der Waals surface area contributed by atoms with Crippen LogP contribution in [0.1, 0.15) is 5.56 Å². The summed E-state index contributed by atoms with van der Waals surface area (Å²) >= 11 is 6.24. The number of nitrogens with zero attached hydrogens (tertiary/aromatic N) is 1. The summed E-state index contributed by atoms with van der Waals surface area (Å²) in [6.07, 6.45) is 1.62. The van der Waals surface area contributed by atoms with Crippen LogP contribution in [0.2, 0.25) is 5.02 Å². The van der Waals surface area contributed by atoms with Crippen LogP contribution in [0.5, 0.6) is 11.5 Å². The lowest BCUT2D eigenvalue weighted by molar-refractivity contribution is -0.384. The number of nitrogens with one attached hydrogen (secondary N) is 1. The van der Waals surface area contributed by atoms with Crippen LogP contribution in [-0.4, -0.2) is 18.6 Å². The van der Waals surface area contributed by atoms with Gasteiger partial charge in [0.1, 0.15) is 6.61 Å². The van der Waals surface area contributed by atoms with Gasteiger partial charge in [-0.05, 0) is 29.8 Å². The highest BCUT2D eigenvalue weighted by Gasteiger charge is 2.12. The number of methoxy groups -OCH3 is 1. The van der Waals surface area contributed by atoms with Gasteiger partial charge in [0.2, 0.25) is 0 Å². The summed E-state index contributed by atoms with van der Waals surface area (Å²) in [6.45, 7) is 4.41. The van der Waals surface area contributed by atoms with Gasteiger partial charge >= 0.3 is 0 Å². The fourth-order valence-electron chi connectivity index (χ4n) is 2.06. The van der Waals surface area contributed by atoms with Gasteiger partial charge in [0.25, 0.3) is 5.69 Å². The van der Waals surface area contributed by atoms with Crippen LogP contribution in [0, 0.1) is 10.1 Å². The quantitative estimate of drug-likeness (QED) is 0.434. The molecule has 24 heavy (non-hydrogen) atoms. The second-order valence-electron chi connectivity index (χ2n) is 4.87. The summed E-state index contributed by atoms with van der Waals surface area (Å²) < 4.78 is 10.8. The van der Waals surface area contributed by atoms with Crippen molar-refractivity contribution in [3.8, 4) is 11.5 Å². The SMILES string of the molecule is C=CCOc1c(Cl)cc(CNc2ccc([N+](=O)[O-])cc2)cc1OC. The Hall–Kier alpha value is -2.73. The number of non-ortho nitro benzene ring substituents is 1. The van der Waals surface area contributed by atoms with Crippen LogP contribution in [0.15, 0.2) is 49.1 Å². The van der Waals surface area contributed by atoms with Gasteiger partial charge in [-0.25, -0.2) is 0 Å². The molecule has 0 heterocycles. The number of halogens is 1. The Morgan fingerprint density at radius 1 is 1.33 bits per heavy atom. The van der Waals surface area contributed by atoms with Crippen molar-refractivity contribution in [1.29, 1.82) is 0 Å². The van der Waals surface area contributed by atoms with E-state index in [0.717, 1.165) is 11.3 Å². The lowest BCUT2D eigenvalue weighted by Crippen LogP contribution is -2.02. The van der Waals surface area contributed by atoms with E-state index >= 15 is 0 Å². The van der Waals surface area contributed by atoms with Gasteiger partial charge in [0.05, 0.1) is 17.1 Å². The summed E-state index contributed by atoms with van der Waals surface area (Å²) in [6, 6.07) is 9.80. The summed E-state index contributed by atoms with van der Waals surface area (Å²) in [5.41, 5.74) is 1.71. The number of hydrogen-bond acceptors (Lipinski definition) is 5. The molecule has 0 saturated carbocycles. The molecule has 0 atom stereocenters. The van der Waals surface area contributed by atoms with Crippen molar-refractivity contribution < 1.29 is 14.4 Å². The number of nitro groups is 1. The maximum atomic E-state index is 10.6. The minimum atomic E-state index is -0.434. The number of hydrogen-bond donors (Lipinski definition) is 1. The highest BCUT2D eigenvalue weighted by Crippen LogP contribution is 2.36. The van der Waals surface area contributed by atoms with Crippen LogP contribution in [-0.2, 0) is 6.54 Å². The van der Waals surface area contributed by atoms with Crippen molar-refractivity contribution >= 4 is 23.0 Å². The summed E-state index contributed by atoms with van der Waals surface area (Å²) in [7, 11) is 1.54. The Bertz CT molecular complexity index is 732. The molecule has 0 bridgehead atoms. The van der Waals surface area contributed by atoms with Crippen molar-refractivity contribution in [3.05, 3.63) is 69.8 Å². The molecule has 1 N–H and O–H groups in total. The minimum absolute atomic E-state index is 0.0500. The number of ether oxygens (including phenoxy) is 2. The van der Waals surface area contributed by atoms with Crippen molar-refractivity contribution in [1.82, 2.24) is 0 Å². The first-order chi connectivity index (χ1) is 11.5. The molecule has 0 aliphatic rings. The van der Waals surface area contributed by atoms with Crippen molar-refractivity contribution in [3.63, 3.8) is 0 Å². The molecule has 0 aromatic heterocycles. The van der Waals surface area contributed by atoms with Crippen LogP contribution in [0.4, 0.5) is 11.4 Å². The number of benzene rings is 2. The maximum absolute atomic E-state index is 10.6. The third-order valence-corrected chi connectivity index (χ3v) is 3.49. The molecular weight excluding hydrogens is 332 g/mol. The highest BCUT2D eigenvalue weighted by molar-refractivity contribution is 6.32. The molecular formula is C17H17ClN2O4. The predicted molar refractivity (Wildman–Crippen MR) is 94.1 cm³/mol. The predicted octanol–water partition coefficient (Wildman–Crippen LogP) is 4.43. The number of anilines is 1. The summed E-state index contributed by atoms with van der Waals surface area (Å²) in [4.78, 5) is 10.2. The van der Waals surface area contributed by atoms with E-state index in [0.29, 0.717) is 29.7 Å². The molecule has 2 rings (SSSR count). The molecule has 0 radical (unpaired) electrons. The first-order valence-electron chi connectivity index (χ1n) is 7.13. The number of rotatable bonds is 8. The Labute approximate surface area is 144 Å². The van der Waals surface area contributed by atoms with E-state index in [4.69, 9.17) is 21.1 Å². The fourth-order valence-corrected chi connectivity index (χ4v) is 2.35. The molecule has 0 amide bonds. The molecule has 126 valence electrons. The smallest absolute Gasteiger partial charge is 0.269 e. The summed E-state index contributed by atoms with van der Waals surface area (Å²) in [5, 5.41) is 14.3. The fraction of sp³-hybridized carbons (Fsp3) is 0.176. The zero-order valence-corrected chi connectivity index (χ0v) is 13.9. The molecule has 0 unspecified atom stereocenters. The van der Waals surface area contributed by atoms with Gasteiger partial charge in [-0.2, -0.15) is 0 Å². The molecule has 0 saturated heterocycles. The zero-order chi connectivity index (χ0) is 17.5. The van der Waals surface area contributed by atoms with Crippen LogP contribution >= 0.6 is 11.6 Å². The third-order valence-electron chi connectivity index (χ3n) is 3.21. The second-order valence-corrected chi connectivity index (χ2v) is 5.27. The molecule has 0 spiro atoms. The lowest BCUT2D eigenvalue weighted by atomic mass is 10.2. The van der Waals surface area contributed by atoms with E-state index in [1.54, 1.807) is 31.4 Å². The van der Waals surface area contributed by atoms with Gasteiger partial charge < -0.3 is 14.8 Å². The Balaban J connectivity index is 2.10. The Morgan fingerprint density at radius 3 is 2.62 bits per heavy atom. The number of nitro benzene ring substituents is 1. The molecule has 6 nitrogen and oxygen atoms in total. The van der Waals surface area contributed by atoms with E-state index in [1.165, 1.54) is 12.1 Å². The van der Waals surface area contributed by atoms with Crippen molar-refractivity contribution in [2.45, 2.75) is 6.54 Å². The normalized spacial score (nSPS) is 10.1. The van der Waals surface area contributed by atoms with E-state index < -0.39 is 4.92 Å². The average molecular weight is 349 g/mol. The van der Waals surface area contributed by atoms with Crippen molar-refractivity contribution in [2.24, 2.45) is 0 Å². The topological polar surface area (TPSA) is 73.6 Å². The first kappa shape index (κ1) is 17.6. The summed E-state index contributed by atoms with van der Waals surface area (Å²) in [5.74, 6) is 1.00. The largest absolute Gasteiger partial charge is 0.493 e. The van der Waals surface area contributed by atoms with E-state index in [1.807, 2.05) is 6.07 Å². The van der Waals surface area contributed by atoms with Crippen LogP contribution in [0.3, 0.4) is 0 Å². The van der Waals surface area contributed by atoms with Crippen molar-refractivity contribution in [2.75, 3.05) is 19.0 Å². The van der Waals surface area contributed by atoms with E-state index in [9.17, 15) is 10.1 Å². The molecule has 0 fully saturated rings. The van der Waals surface area contributed by atoms with Gasteiger partial charge in [-0.3, -0.25) is 10.1 Å². The Kier molecular flexibility index (Phi) is 6.03. The van der Waals surface area contributed by atoms with Gasteiger partial charge in [-0.1, -0.05) is 24.3 Å². The first-order valence-corrected chi connectivity index (χ1v) is 7.51. The standard InChI is InChI=1S/C17H17ClN2O4/c1-3-8-24-17-15(18)9-12(10-16(17)23-2)11-19-13-4-6-14(7-5-13)20(21)22/h3-7,9-10,19H,1,8,11H2,2H3. The molecule has 2 aromatic carbocycles. The highest BCUT2D eigenvalue weighted by atomic mass is 35.5. The van der Waals surface area contributed by atoms with Crippen LogP contribution in [0.25, 0.3) is 0 Å². The van der Waals surface area contributed by atoms with Crippen LogP contribution < -0.4 is 14.8 Å². The monoisotopic (exact) mass is 348 g/mol.